The number of unbranched alkanes of at least 4 members (excludes halogenated alkanes) is 9. The molecule has 2 heteroatoms. The average molecular weight is 1950 g/mol. The van der Waals surface area contributed by atoms with Crippen LogP contribution in [0.5, 0.6) is 0 Å². The third-order valence-corrected chi connectivity index (χ3v) is 30.3. The molecule has 1 aliphatic carbocycles. The Kier molecular flexibility index (Phi) is 34.0. The maximum absolute atomic E-state index is 2.61. The lowest BCUT2D eigenvalue weighted by Gasteiger charge is -2.28. The summed E-state index contributed by atoms with van der Waals surface area (Å²) in [6, 6.07) is 171. The highest BCUT2D eigenvalue weighted by atomic mass is 15.1. The number of fused-ring (bicyclic) bond motifs is 1. The van der Waals surface area contributed by atoms with E-state index in [0.29, 0.717) is 0 Å². The second-order valence-electron chi connectivity index (χ2n) is 41.7. The molecule has 150 heavy (non-hydrogen) atoms. The minimum Gasteiger partial charge on any atom is -0.310 e. The fourth-order valence-corrected chi connectivity index (χ4v) is 21.4. The van der Waals surface area contributed by atoms with E-state index in [4.69, 9.17) is 0 Å². The van der Waals surface area contributed by atoms with Gasteiger partial charge in [-0.1, -0.05) is 469 Å². The number of nitrogens with zero attached hydrogens (tertiary/aromatic N) is 2. The summed E-state index contributed by atoms with van der Waals surface area (Å²) < 4.78 is 0. The quantitative estimate of drug-likeness (QED) is 0.0365. The molecule has 0 bridgehead atoms. The van der Waals surface area contributed by atoms with Crippen LogP contribution in [0.25, 0.3) is 134 Å². The number of anilines is 6. The molecule has 0 aliphatic heterocycles. The smallest absolute Gasteiger partial charge is 0.0464 e. The van der Waals surface area contributed by atoms with Gasteiger partial charge in [0.05, 0.1) is 0 Å². The van der Waals surface area contributed by atoms with Gasteiger partial charge in [-0.05, 0) is 389 Å². The van der Waals surface area contributed by atoms with Crippen LogP contribution in [0.15, 0.2) is 461 Å². The summed E-state index contributed by atoms with van der Waals surface area (Å²) in [5.41, 5.74) is 56.0. The van der Waals surface area contributed by atoms with E-state index in [9.17, 15) is 0 Å². The van der Waals surface area contributed by atoms with Gasteiger partial charge >= 0.3 is 0 Å². The zero-order valence-corrected chi connectivity index (χ0v) is 89.5. The van der Waals surface area contributed by atoms with Gasteiger partial charge in [-0.15, -0.1) is 0 Å². The van der Waals surface area contributed by atoms with E-state index in [1.807, 2.05) is 0 Å². The highest BCUT2D eigenvalue weighted by Crippen LogP contribution is 2.46. The monoisotopic (exact) mass is 1950 g/mol. The second-order valence-corrected chi connectivity index (χ2v) is 41.7. The summed E-state index contributed by atoms with van der Waals surface area (Å²) >= 11 is 0. The fraction of sp³-hybridized carbons (Fsp3) is 0.189. The highest BCUT2D eigenvalue weighted by molar-refractivity contribution is 5.89. The molecule has 0 saturated carbocycles. The van der Waals surface area contributed by atoms with E-state index < -0.39 is 0 Å². The lowest BCUT2D eigenvalue weighted by atomic mass is 9.84. The van der Waals surface area contributed by atoms with Crippen LogP contribution in [-0.2, 0) is 38.5 Å². The van der Waals surface area contributed by atoms with Crippen molar-refractivity contribution in [2.24, 2.45) is 0 Å². The maximum Gasteiger partial charge on any atom is 0.0464 e. The Morgan fingerprint density at radius 2 is 0.413 bits per heavy atom. The minimum absolute atomic E-state index is 1.02. The Hall–Kier alpha value is -16.0. The zero-order valence-electron chi connectivity index (χ0n) is 89.5. The van der Waals surface area contributed by atoms with Crippen LogP contribution < -0.4 is 9.80 Å². The van der Waals surface area contributed by atoms with Crippen molar-refractivity contribution in [2.75, 3.05) is 9.80 Å². The molecule has 0 fully saturated rings. The van der Waals surface area contributed by atoms with Crippen molar-refractivity contribution < 1.29 is 0 Å². The largest absolute Gasteiger partial charge is 0.310 e. The molecule has 2 nitrogen and oxygen atoms in total. The van der Waals surface area contributed by atoms with Gasteiger partial charge in [0.15, 0.2) is 0 Å². The van der Waals surface area contributed by atoms with Gasteiger partial charge in [0.1, 0.15) is 0 Å². The zero-order chi connectivity index (χ0) is 103. The van der Waals surface area contributed by atoms with Crippen molar-refractivity contribution in [3.8, 4) is 134 Å². The lowest BCUT2D eigenvalue weighted by molar-refractivity contribution is 0.640. The van der Waals surface area contributed by atoms with Crippen molar-refractivity contribution in [3.63, 3.8) is 0 Å². The van der Waals surface area contributed by atoms with E-state index >= 15 is 0 Å². The SMILES string of the molecule is CCCCCCc1cc(-c2ccc(N(c3ccc(-c4ccc(-c5ccccc5)cc4)cc3)c3ccc(-c4cccc(C)c4)cc3)cc2C)c(CCCCCC)cc1-c1ccc(N(c2ccc(-c3ccc(-c4ccccc4)cc3)cc2)c2ccc(-c3cccc(C)c3)cc2)cc1C.Cc1ccc(-c2cc(-c3ccc(C)cc3)cc(-c3ccc(C)cc3)c2)cc1.Cc1ccc(CCCCCCc2ccc(-c3ccc4c(c3)CC4)cc2)cc1. The normalized spacial score (nSPS) is 11.4. The van der Waals surface area contributed by atoms with Crippen molar-refractivity contribution in [3.05, 3.63) is 539 Å². The van der Waals surface area contributed by atoms with Crippen LogP contribution in [-0.4, -0.2) is 0 Å². The summed E-state index contributed by atoms with van der Waals surface area (Å²) in [4.78, 5) is 4.87. The average Bonchev–Trinajstić information content (AvgIpc) is 0.765. The van der Waals surface area contributed by atoms with E-state index in [1.54, 1.807) is 5.56 Å². The predicted molar refractivity (Wildman–Crippen MR) is 647 cm³/mol. The van der Waals surface area contributed by atoms with Gasteiger partial charge < -0.3 is 9.80 Å². The number of aryl methyl sites for hydroxylation is 14. The molecule has 0 atom stereocenters. The van der Waals surface area contributed by atoms with Crippen LogP contribution in [0.3, 0.4) is 0 Å². The number of hydrogen-bond donors (Lipinski definition) is 0. The molecule has 20 aromatic carbocycles. The molecule has 21 rings (SSSR count). The first-order chi connectivity index (χ1) is 73.5. The molecule has 0 radical (unpaired) electrons. The summed E-state index contributed by atoms with van der Waals surface area (Å²) in [5, 5.41) is 0. The van der Waals surface area contributed by atoms with Gasteiger partial charge in [0, 0.05) is 34.1 Å². The number of rotatable bonds is 35. The highest BCUT2D eigenvalue weighted by Gasteiger charge is 2.24. The maximum atomic E-state index is 2.61. The minimum atomic E-state index is 1.02. The van der Waals surface area contributed by atoms with E-state index in [0.717, 1.165) is 59.8 Å². The standard InChI is InChI=1S/C94H88N2.C27H24.C27H30/c1-7-9-11-15-29-83-65-94(92-60-58-90(64-70(92)6)96(88-55-47-80(48-56-88)82-32-22-24-68(4)62-82)86-51-43-78(44-52-86)76-39-35-74(36-40-76)72-27-19-14-20-28-72)84(30-16-12-10-8-2)66-93(83)91-59-57-89(63-69(91)5)95(87-53-45-79(46-54-87)81-31-21-23-67(3)61-81)85-49-41-77(42-50-85)75-37-33-73(34-38-75)71-25-17-13-18-26-71;1-19-4-10-22(11-5-19)25-16-26(23-12-6-20(2)7-13-23)18-27(17-25)24-14-8-21(3)9-15-24;1-21-8-10-22(11-9-21)6-4-2-3-5-7-23-12-14-24(15-13-23)26-18-16-25-17-19-27(25)20-26/h13-14,17-28,31-66H,7-12,15-16,29-30H2,1-6H3;4-18H,1-3H3;8-16,18,20H,2-7,17,19H2,1H3. The summed E-state index contributed by atoms with van der Waals surface area (Å²) in [6.07, 6.45) is 21.9. The van der Waals surface area contributed by atoms with E-state index in [2.05, 4.69) is 540 Å². The molecule has 0 unspecified atom stereocenters. The molecular weight excluding hydrogens is 1810 g/mol. The Morgan fingerprint density at radius 3 is 0.727 bits per heavy atom. The Morgan fingerprint density at radius 1 is 0.160 bits per heavy atom. The second kappa shape index (κ2) is 49.7. The molecule has 744 valence electrons. The Bertz CT molecular complexity index is 7370. The molecule has 0 spiro atoms. The Balaban J connectivity index is 0.000000209. The molecule has 0 aromatic heterocycles. The first-order valence-corrected chi connectivity index (χ1v) is 55.0. The van der Waals surface area contributed by atoms with Crippen LogP contribution in [0.1, 0.15) is 169 Å². The number of benzene rings is 20. The predicted octanol–water partition coefficient (Wildman–Crippen LogP) is 42.2. The molecule has 20 aromatic rings. The molecule has 0 amide bonds. The fourth-order valence-electron chi connectivity index (χ4n) is 21.4. The summed E-state index contributed by atoms with van der Waals surface area (Å²) in [5.74, 6) is 0. The van der Waals surface area contributed by atoms with Crippen LogP contribution in [0.4, 0.5) is 34.1 Å². The van der Waals surface area contributed by atoms with Crippen molar-refractivity contribution in [2.45, 2.75) is 185 Å². The van der Waals surface area contributed by atoms with Gasteiger partial charge in [0.25, 0.3) is 0 Å². The molecule has 0 heterocycles. The lowest BCUT2D eigenvalue weighted by Crippen LogP contribution is -2.10. The van der Waals surface area contributed by atoms with E-state index in [1.165, 1.54) is 296 Å². The van der Waals surface area contributed by atoms with Gasteiger partial charge in [-0.25, -0.2) is 0 Å². The topological polar surface area (TPSA) is 6.48 Å². The third-order valence-electron chi connectivity index (χ3n) is 30.3. The van der Waals surface area contributed by atoms with Crippen LogP contribution >= 0.6 is 0 Å². The number of hydrogen-bond acceptors (Lipinski definition) is 2. The summed E-state index contributed by atoms with van der Waals surface area (Å²) in [7, 11) is 0. The summed E-state index contributed by atoms with van der Waals surface area (Å²) in [6.45, 7) is 22.2. The molecule has 0 N–H and O–H groups in total. The van der Waals surface area contributed by atoms with E-state index in [-0.39, 0.29) is 0 Å². The Labute approximate surface area is 894 Å². The molecule has 0 saturated heterocycles. The van der Waals surface area contributed by atoms with Crippen molar-refractivity contribution in [1.82, 2.24) is 0 Å². The third kappa shape index (κ3) is 26.0. The van der Waals surface area contributed by atoms with Crippen molar-refractivity contribution >= 4 is 34.1 Å². The first kappa shape index (κ1) is 103. The van der Waals surface area contributed by atoms with Crippen molar-refractivity contribution in [1.29, 1.82) is 0 Å². The van der Waals surface area contributed by atoms with Crippen LogP contribution in [0, 0.1) is 55.4 Å². The van der Waals surface area contributed by atoms with Gasteiger partial charge in [0.2, 0.25) is 0 Å². The van der Waals surface area contributed by atoms with Crippen LogP contribution in [0.2, 0.25) is 0 Å². The molecular formula is C148H142N2. The van der Waals surface area contributed by atoms with Gasteiger partial charge in [-0.2, -0.15) is 0 Å². The van der Waals surface area contributed by atoms with Gasteiger partial charge in [-0.3, -0.25) is 0 Å². The molecule has 1 aliphatic rings. The first-order valence-electron chi connectivity index (χ1n) is 55.0.